The van der Waals surface area contributed by atoms with Gasteiger partial charge in [-0.15, -0.1) is 0 Å². The van der Waals surface area contributed by atoms with Gasteiger partial charge < -0.3 is 20.7 Å². The average molecular weight is 189 g/mol. The monoisotopic (exact) mass is 189 g/mol. The molecule has 4 N–H and O–H groups in total. The van der Waals surface area contributed by atoms with E-state index in [1.807, 2.05) is 0 Å². The van der Waals surface area contributed by atoms with Gasteiger partial charge in [-0.1, -0.05) is 0 Å². The van der Waals surface area contributed by atoms with E-state index in [1.165, 1.54) is 0 Å². The summed E-state index contributed by atoms with van der Waals surface area (Å²) in [6.45, 7) is 0. The average Bonchev–Trinajstić information content (AvgIpc) is 2.04. The molecule has 0 aliphatic heterocycles. The third-order valence-electron chi connectivity index (χ3n) is 1.63. The highest BCUT2D eigenvalue weighted by atomic mass is 16.4. The summed E-state index contributed by atoms with van der Waals surface area (Å²) in [6, 6.07) is -1.46. The van der Waals surface area contributed by atoms with Crippen LogP contribution in [0.2, 0.25) is 0 Å². The maximum atomic E-state index is 10.5. The van der Waals surface area contributed by atoms with Crippen molar-refractivity contribution in [2.75, 3.05) is 0 Å². The molecule has 6 heteroatoms. The minimum Gasteiger partial charge on any atom is -0.481 e. The van der Waals surface area contributed by atoms with E-state index in [1.54, 1.807) is 0 Å². The van der Waals surface area contributed by atoms with Crippen molar-refractivity contribution in [1.29, 1.82) is 0 Å². The lowest BCUT2D eigenvalue weighted by atomic mass is 9.96. The highest BCUT2D eigenvalue weighted by molar-refractivity contribution is 5.82. The molecule has 0 aromatic heterocycles. The Labute approximate surface area is 74.3 Å². The van der Waals surface area contributed by atoms with Crippen molar-refractivity contribution in [3.8, 4) is 0 Å². The Kier molecular flexibility index (Phi) is 4.68. The minimum absolute atomic E-state index is 0.00204. The van der Waals surface area contributed by atoms with Gasteiger partial charge in [0.05, 0.1) is 5.92 Å². The second-order valence-electron chi connectivity index (χ2n) is 2.55. The Morgan fingerprint density at radius 2 is 1.85 bits per heavy atom. The van der Waals surface area contributed by atoms with Crippen molar-refractivity contribution in [3.05, 3.63) is 0 Å². The standard InChI is InChI=1S/C7H11NO5/c8-5(7(12)13)4(6(10)11)2-1-3-9/h3-5H,1-2,8H2,(H,10,11)(H,12,13)/t4-,5-/m1/s1. The summed E-state index contributed by atoms with van der Waals surface area (Å²) in [5.41, 5.74) is 5.11. The van der Waals surface area contributed by atoms with Crippen LogP contribution in [0.3, 0.4) is 0 Å². The summed E-state index contributed by atoms with van der Waals surface area (Å²) in [5, 5.41) is 17.0. The number of nitrogens with two attached hydrogens (primary N) is 1. The van der Waals surface area contributed by atoms with E-state index in [2.05, 4.69) is 0 Å². The molecule has 6 nitrogen and oxygen atoms in total. The Morgan fingerprint density at radius 1 is 1.31 bits per heavy atom. The number of rotatable bonds is 6. The summed E-state index contributed by atoms with van der Waals surface area (Å²) in [6.07, 6.45) is 0.481. The molecule has 0 bridgehead atoms. The van der Waals surface area contributed by atoms with Crippen LogP contribution >= 0.6 is 0 Å². The zero-order valence-electron chi connectivity index (χ0n) is 6.84. The molecule has 0 fully saturated rings. The second kappa shape index (κ2) is 5.26. The van der Waals surface area contributed by atoms with Crippen LogP contribution in [0.1, 0.15) is 12.8 Å². The van der Waals surface area contributed by atoms with Gasteiger partial charge in [0.25, 0.3) is 0 Å². The summed E-state index contributed by atoms with van der Waals surface area (Å²) in [7, 11) is 0. The van der Waals surface area contributed by atoms with Gasteiger partial charge in [0.2, 0.25) is 0 Å². The lowest BCUT2D eigenvalue weighted by molar-refractivity contribution is -0.150. The van der Waals surface area contributed by atoms with Gasteiger partial charge in [0.15, 0.2) is 0 Å². The molecular formula is C7H11NO5. The SMILES string of the molecule is N[C@@H](C(=O)O)[C@@H](CCC=O)C(=O)O. The Bertz CT molecular complexity index is 215. The van der Waals surface area contributed by atoms with Gasteiger partial charge in [0, 0.05) is 6.42 Å². The Balaban J connectivity index is 4.31. The van der Waals surface area contributed by atoms with E-state index in [-0.39, 0.29) is 12.8 Å². The van der Waals surface area contributed by atoms with E-state index in [9.17, 15) is 14.4 Å². The highest BCUT2D eigenvalue weighted by Crippen LogP contribution is 2.09. The van der Waals surface area contributed by atoms with E-state index in [0.717, 1.165) is 0 Å². The topological polar surface area (TPSA) is 118 Å². The van der Waals surface area contributed by atoms with Gasteiger partial charge in [-0.05, 0) is 6.42 Å². The summed E-state index contributed by atoms with van der Waals surface area (Å²) in [5.74, 6) is -3.88. The fourth-order valence-electron chi connectivity index (χ4n) is 0.876. The first-order chi connectivity index (χ1) is 6.00. The maximum Gasteiger partial charge on any atom is 0.321 e. The number of carboxylic acids is 2. The number of carbonyl (C=O) groups excluding carboxylic acids is 1. The molecule has 0 saturated heterocycles. The first-order valence-electron chi connectivity index (χ1n) is 3.65. The van der Waals surface area contributed by atoms with Crippen molar-refractivity contribution < 1.29 is 24.6 Å². The molecule has 0 aromatic rings. The number of aldehydes is 1. The van der Waals surface area contributed by atoms with Crippen LogP contribution in [0.25, 0.3) is 0 Å². The molecule has 0 rings (SSSR count). The summed E-state index contributed by atoms with van der Waals surface area (Å²) >= 11 is 0. The predicted octanol–water partition coefficient (Wildman–Crippen LogP) is -0.922. The van der Waals surface area contributed by atoms with Crippen LogP contribution in [0, 0.1) is 5.92 Å². The summed E-state index contributed by atoms with van der Waals surface area (Å²) in [4.78, 5) is 30.8. The normalized spacial score (nSPS) is 14.5. The molecule has 74 valence electrons. The zero-order valence-corrected chi connectivity index (χ0v) is 6.84. The highest BCUT2D eigenvalue weighted by Gasteiger charge is 2.29. The molecule has 0 amide bonds. The van der Waals surface area contributed by atoms with Crippen molar-refractivity contribution in [1.82, 2.24) is 0 Å². The van der Waals surface area contributed by atoms with Crippen LogP contribution in [0.5, 0.6) is 0 Å². The maximum absolute atomic E-state index is 10.5. The van der Waals surface area contributed by atoms with E-state index in [4.69, 9.17) is 15.9 Å². The molecule has 0 radical (unpaired) electrons. The lowest BCUT2D eigenvalue weighted by Gasteiger charge is -2.14. The van der Waals surface area contributed by atoms with Crippen molar-refractivity contribution in [2.24, 2.45) is 11.7 Å². The molecule has 0 heterocycles. The van der Waals surface area contributed by atoms with Crippen LogP contribution in [0.15, 0.2) is 0 Å². The van der Waals surface area contributed by atoms with Crippen LogP contribution in [-0.2, 0) is 14.4 Å². The fraction of sp³-hybridized carbons (Fsp3) is 0.571. The summed E-state index contributed by atoms with van der Waals surface area (Å²) < 4.78 is 0. The predicted molar refractivity (Wildman–Crippen MR) is 42.0 cm³/mol. The molecule has 0 spiro atoms. The Morgan fingerprint density at radius 3 is 2.15 bits per heavy atom. The van der Waals surface area contributed by atoms with Gasteiger partial charge in [-0.3, -0.25) is 9.59 Å². The zero-order chi connectivity index (χ0) is 10.4. The third-order valence-corrected chi connectivity index (χ3v) is 1.63. The lowest BCUT2D eigenvalue weighted by Crippen LogP contribution is -2.42. The minimum atomic E-state index is -1.46. The molecule has 0 aromatic carbocycles. The molecule has 0 unspecified atom stereocenters. The first-order valence-corrected chi connectivity index (χ1v) is 3.65. The number of carboxylic acid groups (broad SMARTS) is 2. The molecule has 2 atom stereocenters. The van der Waals surface area contributed by atoms with E-state index < -0.39 is 23.9 Å². The number of hydrogen-bond donors (Lipinski definition) is 3. The second-order valence-corrected chi connectivity index (χ2v) is 2.55. The van der Waals surface area contributed by atoms with Gasteiger partial charge in [0.1, 0.15) is 12.3 Å². The van der Waals surface area contributed by atoms with Crippen molar-refractivity contribution >= 4 is 18.2 Å². The van der Waals surface area contributed by atoms with E-state index in [0.29, 0.717) is 6.29 Å². The van der Waals surface area contributed by atoms with Crippen LogP contribution < -0.4 is 5.73 Å². The third kappa shape index (κ3) is 3.66. The molecule has 0 aliphatic rings. The van der Waals surface area contributed by atoms with Gasteiger partial charge in [-0.25, -0.2) is 0 Å². The van der Waals surface area contributed by atoms with Gasteiger partial charge in [-0.2, -0.15) is 0 Å². The fourth-order valence-corrected chi connectivity index (χ4v) is 0.876. The Hall–Kier alpha value is -1.43. The van der Waals surface area contributed by atoms with Crippen LogP contribution in [0.4, 0.5) is 0 Å². The quantitative estimate of drug-likeness (QED) is 0.465. The first kappa shape index (κ1) is 11.6. The number of carbonyl (C=O) groups is 3. The number of hydrogen-bond acceptors (Lipinski definition) is 4. The molecule has 0 aliphatic carbocycles. The van der Waals surface area contributed by atoms with E-state index >= 15 is 0 Å². The molecular weight excluding hydrogens is 178 g/mol. The number of aliphatic carboxylic acids is 2. The van der Waals surface area contributed by atoms with Crippen LogP contribution in [-0.4, -0.2) is 34.5 Å². The van der Waals surface area contributed by atoms with Gasteiger partial charge >= 0.3 is 11.9 Å². The van der Waals surface area contributed by atoms with Crippen molar-refractivity contribution in [3.63, 3.8) is 0 Å². The molecule has 0 saturated carbocycles. The smallest absolute Gasteiger partial charge is 0.321 e. The largest absolute Gasteiger partial charge is 0.481 e. The van der Waals surface area contributed by atoms with Crippen molar-refractivity contribution in [2.45, 2.75) is 18.9 Å². The molecule has 13 heavy (non-hydrogen) atoms.